The van der Waals surface area contributed by atoms with Gasteiger partial charge < -0.3 is 10.4 Å². The molecule has 2 N–H and O–H groups in total. The molecule has 0 radical (unpaired) electrons. The Kier molecular flexibility index (Phi) is 5.76. The Morgan fingerprint density at radius 1 is 1.25 bits per heavy atom. The van der Waals surface area contributed by atoms with E-state index in [1.807, 2.05) is 0 Å². The van der Waals surface area contributed by atoms with Gasteiger partial charge in [0.25, 0.3) is 5.56 Å². The van der Waals surface area contributed by atoms with Crippen molar-refractivity contribution in [2.75, 3.05) is 6.54 Å². The SMILES string of the molecule is O=c1c2cc(Cl)c(Cl)cc2ncn1CC(O)CNC1CCCCC1. The molecule has 0 spiro atoms. The molecule has 2 aromatic rings. The second-order valence-corrected chi connectivity index (χ2v) is 7.20. The van der Waals surface area contributed by atoms with Gasteiger partial charge in [-0.15, -0.1) is 0 Å². The second-order valence-electron chi connectivity index (χ2n) is 6.38. The molecule has 0 aliphatic heterocycles. The summed E-state index contributed by atoms with van der Waals surface area (Å²) < 4.78 is 1.42. The zero-order valence-electron chi connectivity index (χ0n) is 13.3. The number of rotatable bonds is 5. The number of aliphatic hydroxyl groups excluding tert-OH is 1. The minimum absolute atomic E-state index is 0.196. The van der Waals surface area contributed by atoms with E-state index < -0.39 is 6.10 Å². The van der Waals surface area contributed by atoms with Crippen LogP contribution < -0.4 is 10.9 Å². The average Bonchev–Trinajstić information content (AvgIpc) is 2.58. The van der Waals surface area contributed by atoms with E-state index >= 15 is 0 Å². The van der Waals surface area contributed by atoms with E-state index in [2.05, 4.69) is 10.3 Å². The summed E-state index contributed by atoms with van der Waals surface area (Å²) in [5.74, 6) is 0. The molecule has 1 aromatic heterocycles. The lowest BCUT2D eigenvalue weighted by Crippen LogP contribution is -2.39. The maximum absolute atomic E-state index is 12.5. The van der Waals surface area contributed by atoms with E-state index in [1.165, 1.54) is 36.2 Å². The maximum Gasteiger partial charge on any atom is 0.261 e. The van der Waals surface area contributed by atoms with Crippen molar-refractivity contribution in [3.8, 4) is 0 Å². The van der Waals surface area contributed by atoms with Crippen molar-refractivity contribution < 1.29 is 5.11 Å². The molecule has 1 atom stereocenters. The van der Waals surface area contributed by atoms with E-state index in [1.54, 1.807) is 6.07 Å². The number of aliphatic hydroxyl groups is 1. The van der Waals surface area contributed by atoms with Crippen molar-refractivity contribution in [1.29, 1.82) is 0 Å². The highest BCUT2D eigenvalue weighted by Crippen LogP contribution is 2.25. The first-order chi connectivity index (χ1) is 11.5. The molecule has 130 valence electrons. The third-order valence-corrected chi connectivity index (χ3v) is 5.24. The van der Waals surface area contributed by atoms with Crippen LogP contribution in [0.4, 0.5) is 0 Å². The highest BCUT2D eigenvalue weighted by molar-refractivity contribution is 6.42. The minimum Gasteiger partial charge on any atom is -0.390 e. The van der Waals surface area contributed by atoms with Crippen LogP contribution in [0.25, 0.3) is 10.9 Å². The molecule has 1 aliphatic carbocycles. The molecule has 0 amide bonds. The Morgan fingerprint density at radius 2 is 1.96 bits per heavy atom. The third kappa shape index (κ3) is 4.09. The molecule has 5 nitrogen and oxygen atoms in total. The third-order valence-electron chi connectivity index (χ3n) is 4.52. The van der Waals surface area contributed by atoms with E-state index in [4.69, 9.17) is 23.2 Å². The monoisotopic (exact) mass is 369 g/mol. The summed E-state index contributed by atoms with van der Waals surface area (Å²) in [7, 11) is 0. The highest BCUT2D eigenvalue weighted by atomic mass is 35.5. The smallest absolute Gasteiger partial charge is 0.261 e. The van der Waals surface area contributed by atoms with Crippen LogP contribution in [0.3, 0.4) is 0 Å². The summed E-state index contributed by atoms with van der Waals surface area (Å²) in [5, 5.41) is 14.7. The Labute approximate surface area is 150 Å². The fourth-order valence-corrected chi connectivity index (χ4v) is 3.51. The predicted octanol–water partition coefficient (Wildman–Crippen LogP) is 2.99. The van der Waals surface area contributed by atoms with Crippen molar-refractivity contribution in [1.82, 2.24) is 14.9 Å². The molecular weight excluding hydrogens is 349 g/mol. The van der Waals surface area contributed by atoms with Crippen LogP contribution in [0.5, 0.6) is 0 Å². The number of benzene rings is 1. The van der Waals surface area contributed by atoms with Gasteiger partial charge in [-0.3, -0.25) is 9.36 Å². The van der Waals surface area contributed by atoms with Crippen LogP contribution in [0.15, 0.2) is 23.3 Å². The quantitative estimate of drug-likeness (QED) is 0.849. The molecule has 1 unspecified atom stereocenters. The predicted molar refractivity (Wildman–Crippen MR) is 96.9 cm³/mol. The fourth-order valence-electron chi connectivity index (χ4n) is 3.18. The molecular formula is C17H21Cl2N3O2. The van der Waals surface area contributed by atoms with Gasteiger partial charge >= 0.3 is 0 Å². The topological polar surface area (TPSA) is 67.2 Å². The Morgan fingerprint density at radius 3 is 2.71 bits per heavy atom. The van der Waals surface area contributed by atoms with Gasteiger partial charge in [0.1, 0.15) is 0 Å². The van der Waals surface area contributed by atoms with Crippen molar-refractivity contribution in [3.05, 3.63) is 38.9 Å². The number of hydrogen-bond acceptors (Lipinski definition) is 4. The van der Waals surface area contributed by atoms with Crippen LogP contribution >= 0.6 is 23.2 Å². The molecule has 1 saturated carbocycles. The number of halogens is 2. The number of aromatic nitrogens is 2. The summed E-state index contributed by atoms with van der Waals surface area (Å²) in [6.45, 7) is 0.665. The van der Waals surface area contributed by atoms with Gasteiger partial charge in [-0.25, -0.2) is 4.98 Å². The molecule has 1 aromatic carbocycles. The normalized spacial score (nSPS) is 17.3. The lowest BCUT2D eigenvalue weighted by atomic mass is 9.95. The van der Waals surface area contributed by atoms with Crippen LogP contribution in [-0.4, -0.2) is 33.3 Å². The number of nitrogens with zero attached hydrogens (tertiary/aromatic N) is 2. The van der Waals surface area contributed by atoms with Crippen LogP contribution in [0, 0.1) is 0 Å². The van der Waals surface area contributed by atoms with Gasteiger partial charge in [0.15, 0.2) is 0 Å². The second kappa shape index (κ2) is 7.83. The molecule has 1 fully saturated rings. The van der Waals surface area contributed by atoms with Crippen molar-refractivity contribution >= 4 is 34.1 Å². The molecule has 1 aliphatic rings. The van der Waals surface area contributed by atoms with E-state index in [0.717, 1.165) is 12.8 Å². The van der Waals surface area contributed by atoms with E-state index in [9.17, 15) is 9.90 Å². The Hall–Kier alpha value is -1.14. The highest BCUT2D eigenvalue weighted by Gasteiger charge is 2.15. The minimum atomic E-state index is -0.647. The first kappa shape index (κ1) is 17.7. The first-order valence-corrected chi connectivity index (χ1v) is 9.06. The lowest BCUT2D eigenvalue weighted by Gasteiger charge is -2.24. The van der Waals surface area contributed by atoms with Crippen molar-refractivity contribution in [2.45, 2.75) is 50.8 Å². The number of hydrogen-bond donors (Lipinski definition) is 2. The Balaban J connectivity index is 1.69. The maximum atomic E-state index is 12.5. The first-order valence-electron chi connectivity index (χ1n) is 8.30. The molecule has 24 heavy (non-hydrogen) atoms. The lowest BCUT2D eigenvalue weighted by molar-refractivity contribution is 0.142. The summed E-state index contributed by atoms with van der Waals surface area (Å²) in [4.78, 5) is 16.8. The standard InChI is InChI=1S/C17H21Cl2N3O2/c18-14-6-13-16(7-15(14)19)21-10-22(17(13)24)9-12(23)8-20-11-4-2-1-3-5-11/h6-7,10-12,20,23H,1-5,8-9H2. The summed E-state index contributed by atoms with van der Waals surface area (Å²) in [5.41, 5.74) is 0.274. The number of nitrogens with one attached hydrogen (secondary N) is 1. The molecule has 3 rings (SSSR count). The zero-order chi connectivity index (χ0) is 17.1. The van der Waals surface area contributed by atoms with Gasteiger partial charge in [-0.2, -0.15) is 0 Å². The molecule has 0 saturated heterocycles. The van der Waals surface area contributed by atoms with Gasteiger partial charge in [0.05, 0.1) is 39.9 Å². The van der Waals surface area contributed by atoms with Crippen LogP contribution in [-0.2, 0) is 6.54 Å². The summed E-state index contributed by atoms with van der Waals surface area (Å²) in [6, 6.07) is 3.57. The van der Waals surface area contributed by atoms with Crippen LogP contribution in [0.2, 0.25) is 10.0 Å². The van der Waals surface area contributed by atoms with Gasteiger partial charge in [0.2, 0.25) is 0 Å². The molecule has 0 bridgehead atoms. The summed E-state index contributed by atoms with van der Waals surface area (Å²) in [6.07, 6.45) is 6.89. The Bertz CT molecular complexity index is 772. The zero-order valence-corrected chi connectivity index (χ0v) is 14.9. The van der Waals surface area contributed by atoms with Crippen molar-refractivity contribution in [3.63, 3.8) is 0 Å². The molecule has 1 heterocycles. The van der Waals surface area contributed by atoms with E-state index in [0.29, 0.717) is 33.5 Å². The summed E-state index contributed by atoms with van der Waals surface area (Å²) >= 11 is 11.9. The van der Waals surface area contributed by atoms with E-state index in [-0.39, 0.29) is 12.1 Å². The van der Waals surface area contributed by atoms with Gasteiger partial charge in [-0.1, -0.05) is 42.5 Å². The largest absolute Gasteiger partial charge is 0.390 e. The average molecular weight is 370 g/mol. The fraction of sp³-hybridized carbons (Fsp3) is 0.529. The molecule has 7 heteroatoms. The number of fused-ring (bicyclic) bond motifs is 1. The van der Waals surface area contributed by atoms with Gasteiger partial charge in [0, 0.05) is 12.6 Å². The van der Waals surface area contributed by atoms with Crippen molar-refractivity contribution in [2.24, 2.45) is 0 Å². The van der Waals surface area contributed by atoms with Gasteiger partial charge in [-0.05, 0) is 25.0 Å². The van der Waals surface area contributed by atoms with Crippen LogP contribution in [0.1, 0.15) is 32.1 Å².